The molecule has 1 N–H and O–H groups in total. The second kappa shape index (κ2) is 8.61. The molecule has 0 amide bonds. The average molecular weight is 410 g/mol. The van der Waals surface area contributed by atoms with Crippen molar-refractivity contribution in [1.82, 2.24) is 4.90 Å². The predicted octanol–water partition coefficient (Wildman–Crippen LogP) is 2.35. The van der Waals surface area contributed by atoms with E-state index in [2.05, 4.69) is 9.64 Å². The van der Waals surface area contributed by atoms with Crippen molar-refractivity contribution in [3.63, 3.8) is 0 Å². The van der Waals surface area contributed by atoms with E-state index >= 15 is 0 Å². The van der Waals surface area contributed by atoms with E-state index in [9.17, 15) is 23.1 Å². The number of carboxylic acids is 1. The van der Waals surface area contributed by atoms with E-state index in [0.717, 1.165) is 25.7 Å². The van der Waals surface area contributed by atoms with E-state index in [4.69, 9.17) is 0 Å². The Balaban J connectivity index is 1.88. The molecule has 0 spiro atoms. The Morgan fingerprint density at radius 3 is 2.50 bits per heavy atom. The Hall–Kier alpha value is -1.93. The van der Waals surface area contributed by atoms with Gasteiger partial charge < -0.3 is 9.84 Å². The highest BCUT2D eigenvalue weighted by molar-refractivity contribution is 7.92. The van der Waals surface area contributed by atoms with Crippen molar-refractivity contribution in [3.8, 4) is 0 Å². The summed E-state index contributed by atoms with van der Waals surface area (Å²) in [5.74, 6) is -2.27. The molecule has 1 saturated heterocycles. The highest BCUT2D eigenvalue weighted by atomic mass is 32.2. The largest absolute Gasteiger partial charge is 0.481 e. The minimum Gasteiger partial charge on any atom is -0.481 e. The number of carbonyl (C=O) groups is 2. The summed E-state index contributed by atoms with van der Waals surface area (Å²) in [4.78, 5) is 25.6. The molecule has 1 aliphatic heterocycles. The predicted molar refractivity (Wildman–Crippen MR) is 103 cm³/mol. The summed E-state index contributed by atoms with van der Waals surface area (Å²) in [5.41, 5.74) is 0.165. The van der Waals surface area contributed by atoms with Gasteiger partial charge in [0.25, 0.3) is 0 Å². The minimum absolute atomic E-state index is 0.0371. The molecule has 0 radical (unpaired) electrons. The van der Waals surface area contributed by atoms with Gasteiger partial charge in [0.15, 0.2) is 9.84 Å². The first-order valence-corrected chi connectivity index (χ1v) is 11.3. The standard InChI is InChI=1S/C20H27NO6S/c1-27-20(24)14-6-5-9-17(10-14)28(25,26)18-11-15(19(22)23)12-21(13-18)16-7-3-2-4-8-16/h5-6,9-10,15-16,18H,2-4,7-8,11-13H2,1H3,(H,22,23). The van der Waals surface area contributed by atoms with Crippen LogP contribution in [0.5, 0.6) is 0 Å². The van der Waals surface area contributed by atoms with Gasteiger partial charge in [-0.05, 0) is 37.5 Å². The van der Waals surface area contributed by atoms with Crippen molar-refractivity contribution < 1.29 is 27.9 Å². The lowest BCUT2D eigenvalue weighted by Crippen LogP contribution is -2.52. The van der Waals surface area contributed by atoms with Gasteiger partial charge in [0, 0.05) is 19.1 Å². The van der Waals surface area contributed by atoms with Crippen LogP contribution < -0.4 is 0 Å². The Morgan fingerprint density at radius 1 is 1.14 bits per heavy atom. The summed E-state index contributed by atoms with van der Waals surface area (Å²) in [5, 5.41) is 8.77. The maximum atomic E-state index is 13.3. The first-order valence-electron chi connectivity index (χ1n) is 9.72. The van der Waals surface area contributed by atoms with Gasteiger partial charge in [-0.2, -0.15) is 0 Å². The Morgan fingerprint density at radius 2 is 1.86 bits per heavy atom. The van der Waals surface area contributed by atoms with Crippen molar-refractivity contribution in [2.75, 3.05) is 20.2 Å². The van der Waals surface area contributed by atoms with Gasteiger partial charge in [-0.1, -0.05) is 25.3 Å². The quantitative estimate of drug-likeness (QED) is 0.745. The van der Waals surface area contributed by atoms with Crippen molar-refractivity contribution in [2.24, 2.45) is 5.92 Å². The fourth-order valence-electron chi connectivity index (χ4n) is 4.34. The van der Waals surface area contributed by atoms with Crippen LogP contribution in [0.3, 0.4) is 0 Å². The molecular weight excluding hydrogens is 382 g/mol. The molecule has 154 valence electrons. The topological polar surface area (TPSA) is 101 Å². The lowest BCUT2D eigenvalue weighted by molar-refractivity contribution is -0.143. The molecule has 0 bridgehead atoms. The Kier molecular flexibility index (Phi) is 6.40. The first kappa shape index (κ1) is 20.8. The van der Waals surface area contributed by atoms with Gasteiger partial charge in [-0.15, -0.1) is 0 Å². The molecule has 2 unspecified atom stereocenters. The summed E-state index contributed by atoms with van der Waals surface area (Å²) in [6, 6.07) is 6.03. The third-order valence-electron chi connectivity index (χ3n) is 5.90. The fourth-order valence-corrected chi connectivity index (χ4v) is 6.16. The molecule has 1 aromatic rings. The second-order valence-corrected chi connectivity index (χ2v) is 9.93. The number of hydrogen-bond donors (Lipinski definition) is 1. The molecule has 0 aromatic heterocycles. The van der Waals surface area contributed by atoms with Crippen molar-refractivity contribution in [3.05, 3.63) is 29.8 Å². The lowest BCUT2D eigenvalue weighted by Gasteiger charge is -2.41. The number of methoxy groups -OCH3 is 1. The van der Waals surface area contributed by atoms with E-state index in [1.54, 1.807) is 0 Å². The average Bonchev–Trinajstić information content (AvgIpc) is 2.73. The number of benzene rings is 1. The zero-order valence-corrected chi connectivity index (χ0v) is 16.9. The monoisotopic (exact) mass is 409 g/mol. The van der Waals surface area contributed by atoms with E-state index in [0.29, 0.717) is 13.1 Å². The molecular formula is C20H27NO6S. The van der Waals surface area contributed by atoms with Crippen LogP contribution in [0.4, 0.5) is 0 Å². The maximum absolute atomic E-state index is 13.3. The summed E-state index contributed by atoms with van der Waals surface area (Å²) in [6.07, 6.45) is 5.42. The molecule has 1 aromatic carbocycles. The zero-order valence-electron chi connectivity index (χ0n) is 16.0. The number of carboxylic acid groups (broad SMARTS) is 1. The number of aliphatic carboxylic acids is 1. The minimum atomic E-state index is -3.78. The van der Waals surface area contributed by atoms with Gasteiger partial charge in [0.05, 0.1) is 28.7 Å². The Labute approximate surface area is 165 Å². The van der Waals surface area contributed by atoms with E-state index in [1.165, 1.54) is 37.8 Å². The number of hydrogen-bond acceptors (Lipinski definition) is 6. The van der Waals surface area contributed by atoms with Crippen molar-refractivity contribution in [1.29, 1.82) is 0 Å². The molecule has 3 rings (SSSR count). The van der Waals surface area contributed by atoms with E-state index in [1.807, 2.05) is 0 Å². The van der Waals surface area contributed by atoms with Crippen LogP contribution in [-0.4, -0.2) is 61.9 Å². The smallest absolute Gasteiger partial charge is 0.337 e. The lowest BCUT2D eigenvalue weighted by atomic mass is 9.90. The molecule has 2 aliphatic rings. The Bertz CT molecular complexity index is 831. The highest BCUT2D eigenvalue weighted by Crippen LogP contribution is 2.32. The summed E-state index contributed by atoms with van der Waals surface area (Å²) < 4.78 is 31.2. The van der Waals surface area contributed by atoms with Crippen LogP contribution in [0.2, 0.25) is 0 Å². The molecule has 1 aliphatic carbocycles. The van der Waals surface area contributed by atoms with Gasteiger partial charge in [0.1, 0.15) is 0 Å². The maximum Gasteiger partial charge on any atom is 0.337 e. The van der Waals surface area contributed by atoms with Crippen molar-refractivity contribution >= 4 is 21.8 Å². The first-order chi connectivity index (χ1) is 13.3. The number of esters is 1. The van der Waals surface area contributed by atoms with Gasteiger partial charge in [0.2, 0.25) is 0 Å². The zero-order chi connectivity index (χ0) is 20.3. The SMILES string of the molecule is COC(=O)c1cccc(S(=O)(=O)C2CC(C(=O)O)CN(C3CCCCC3)C2)c1. The number of likely N-dealkylation sites (tertiary alicyclic amines) is 1. The van der Waals surface area contributed by atoms with Crippen LogP contribution in [0, 0.1) is 5.92 Å². The second-order valence-electron chi connectivity index (χ2n) is 7.70. The molecule has 28 heavy (non-hydrogen) atoms. The molecule has 8 heteroatoms. The van der Waals surface area contributed by atoms with E-state index in [-0.39, 0.29) is 22.9 Å². The third-order valence-corrected chi connectivity index (χ3v) is 8.03. The molecule has 2 fully saturated rings. The number of sulfone groups is 1. The molecule has 2 atom stereocenters. The molecule has 1 saturated carbocycles. The van der Waals surface area contributed by atoms with Gasteiger partial charge >= 0.3 is 11.9 Å². The normalized spacial score (nSPS) is 24.6. The van der Waals surface area contributed by atoms with Crippen molar-refractivity contribution in [2.45, 2.75) is 54.7 Å². The van der Waals surface area contributed by atoms with Crippen LogP contribution >= 0.6 is 0 Å². The van der Waals surface area contributed by atoms with Gasteiger partial charge in [-0.3, -0.25) is 9.69 Å². The van der Waals surface area contributed by atoms with Crippen LogP contribution in [0.15, 0.2) is 29.2 Å². The number of piperidine rings is 1. The summed E-state index contributed by atoms with van der Waals surface area (Å²) in [7, 11) is -2.54. The van der Waals surface area contributed by atoms with E-state index < -0.39 is 32.9 Å². The summed E-state index contributed by atoms with van der Waals surface area (Å²) >= 11 is 0. The molecule has 1 heterocycles. The number of nitrogens with zero attached hydrogens (tertiary/aromatic N) is 1. The van der Waals surface area contributed by atoms with Crippen LogP contribution in [0.25, 0.3) is 0 Å². The van der Waals surface area contributed by atoms with Gasteiger partial charge in [-0.25, -0.2) is 13.2 Å². The number of rotatable bonds is 5. The summed E-state index contributed by atoms with van der Waals surface area (Å²) in [6.45, 7) is 0.730. The highest BCUT2D eigenvalue weighted by Gasteiger charge is 2.41. The third kappa shape index (κ3) is 4.38. The fraction of sp³-hybridized carbons (Fsp3) is 0.600. The van der Waals surface area contributed by atoms with Crippen LogP contribution in [-0.2, 0) is 19.4 Å². The van der Waals surface area contributed by atoms with Crippen LogP contribution in [0.1, 0.15) is 48.9 Å². The number of ether oxygens (including phenoxy) is 1. The number of carbonyl (C=O) groups excluding carboxylic acids is 1. The molecule has 7 nitrogen and oxygen atoms in total.